The summed E-state index contributed by atoms with van der Waals surface area (Å²) in [6.45, 7) is 10.3. The normalized spacial score (nSPS) is 18.9. The fraction of sp³-hybridized carbons (Fsp3) is 0.611. The Morgan fingerprint density at radius 2 is 1.91 bits per heavy atom. The Hall–Kier alpha value is -1.91. The molecule has 1 atom stereocenters. The number of hydrogen-bond acceptors (Lipinski definition) is 4. The van der Waals surface area contributed by atoms with Gasteiger partial charge in [0.2, 0.25) is 0 Å². The van der Waals surface area contributed by atoms with E-state index in [-0.39, 0.29) is 17.8 Å². The van der Waals surface area contributed by atoms with Crippen LogP contribution in [0.25, 0.3) is 0 Å². The summed E-state index contributed by atoms with van der Waals surface area (Å²) >= 11 is 0. The van der Waals surface area contributed by atoms with Gasteiger partial charge >= 0.3 is 6.09 Å². The largest absolute Gasteiger partial charge is 0.444 e. The molecule has 5 heteroatoms. The van der Waals surface area contributed by atoms with Gasteiger partial charge in [-0.3, -0.25) is 9.78 Å². The minimum absolute atomic E-state index is 0.169. The molecule has 1 aromatic rings. The molecule has 1 fully saturated rings. The minimum atomic E-state index is -0.520. The third-order valence-corrected chi connectivity index (χ3v) is 3.80. The van der Waals surface area contributed by atoms with Gasteiger partial charge in [0.15, 0.2) is 0 Å². The van der Waals surface area contributed by atoms with Crippen LogP contribution in [-0.4, -0.2) is 40.5 Å². The van der Waals surface area contributed by atoms with Crippen LogP contribution in [0.1, 0.15) is 44.1 Å². The first kappa shape index (κ1) is 17.4. The van der Waals surface area contributed by atoms with Gasteiger partial charge in [0.1, 0.15) is 11.4 Å². The molecule has 2 heterocycles. The van der Waals surface area contributed by atoms with Gasteiger partial charge in [-0.25, -0.2) is 4.79 Å². The molecule has 2 rings (SSSR count). The van der Waals surface area contributed by atoms with Crippen LogP contribution in [0.2, 0.25) is 0 Å². The molecule has 0 bridgehead atoms. The first-order chi connectivity index (χ1) is 10.6. The van der Waals surface area contributed by atoms with Crippen LogP contribution in [0, 0.1) is 19.8 Å². The van der Waals surface area contributed by atoms with Crippen LogP contribution in [0.5, 0.6) is 0 Å². The van der Waals surface area contributed by atoms with Gasteiger partial charge < -0.3 is 9.64 Å². The average molecular weight is 318 g/mol. The summed E-state index contributed by atoms with van der Waals surface area (Å²) in [5.41, 5.74) is 2.48. The van der Waals surface area contributed by atoms with E-state index in [0.717, 1.165) is 17.0 Å². The van der Waals surface area contributed by atoms with Crippen molar-refractivity contribution < 1.29 is 14.3 Å². The molecular weight excluding hydrogens is 292 g/mol. The Morgan fingerprint density at radius 1 is 1.30 bits per heavy atom. The van der Waals surface area contributed by atoms with E-state index >= 15 is 0 Å². The maximum Gasteiger partial charge on any atom is 0.410 e. The molecule has 1 saturated heterocycles. The third kappa shape index (κ3) is 5.05. The van der Waals surface area contributed by atoms with E-state index in [0.29, 0.717) is 25.9 Å². The number of ketones is 1. The number of piperidine rings is 1. The van der Waals surface area contributed by atoms with Gasteiger partial charge in [-0.2, -0.15) is 0 Å². The van der Waals surface area contributed by atoms with Gasteiger partial charge in [-0.1, -0.05) is 0 Å². The minimum Gasteiger partial charge on any atom is -0.444 e. The zero-order chi connectivity index (χ0) is 17.2. The molecule has 1 aliphatic heterocycles. The maximum atomic E-state index is 12.2. The van der Waals surface area contributed by atoms with E-state index in [1.165, 1.54) is 0 Å². The molecule has 5 nitrogen and oxygen atoms in total. The average Bonchev–Trinajstić information content (AvgIpc) is 2.38. The third-order valence-electron chi connectivity index (χ3n) is 3.80. The molecule has 1 amide bonds. The van der Waals surface area contributed by atoms with Crippen molar-refractivity contribution in [3.8, 4) is 0 Å². The Bertz CT molecular complexity index is 585. The number of aryl methyl sites for hydroxylation is 2. The zero-order valence-corrected chi connectivity index (χ0v) is 14.7. The van der Waals surface area contributed by atoms with Crippen molar-refractivity contribution in [2.75, 3.05) is 13.1 Å². The van der Waals surface area contributed by atoms with Crippen LogP contribution < -0.4 is 0 Å². The molecule has 1 aliphatic rings. The van der Waals surface area contributed by atoms with Crippen molar-refractivity contribution in [3.05, 3.63) is 29.1 Å². The van der Waals surface area contributed by atoms with Gasteiger partial charge in [-0.15, -0.1) is 0 Å². The summed E-state index contributed by atoms with van der Waals surface area (Å²) in [4.78, 5) is 30.4. The van der Waals surface area contributed by atoms with Crippen LogP contribution in [0.3, 0.4) is 0 Å². The number of likely N-dealkylation sites (tertiary alicyclic amines) is 1. The number of pyridine rings is 1. The van der Waals surface area contributed by atoms with E-state index < -0.39 is 5.60 Å². The van der Waals surface area contributed by atoms with Crippen LogP contribution in [0.4, 0.5) is 4.79 Å². The summed E-state index contributed by atoms with van der Waals surface area (Å²) in [5, 5.41) is 0. The van der Waals surface area contributed by atoms with E-state index in [1.54, 1.807) is 4.90 Å². The van der Waals surface area contributed by atoms with Crippen molar-refractivity contribution in [3.63, 3.8) is 0 Å². The summed E-state index contributed by atoms with van der Waals surface area (Å²) in [6.07, 6.45) is 0.701. The topological polar surface area (TPSA) is 59.5 Å². The van der Waals surface area contributed by atoms with E-state index in [4.69, 9.17) is 4.74 Å². The first-order valence-electron chi connectivity index (χ1n) is 8.09. The lowest BCUT2D eigenvalue weighted by molar-refractivity contribution is -0.125. The Morgan fingerprint density at radius 3 is 2.48 bits per heavy atom. The molecule has 0 spiro atoms. The Balaban J connectivity index is 2.06. The summed E-state index contributed by atoms with van der Waals surface area (Å²) in [6, 6.07) is 4.01. The lowest BCUT2D eigenvalue weighted by Gasteiger charge is -2.33. The highest BCUT2D eigenvalue weighted by Crippen LogP contribution is 2.21. The number of rotatable bonds is 2. The molecule has 23 heavy (non-hydrogen) atoms. The number of nitrogens with zero attached hydrogens (tertiary/aromatic N) is 2. The molecule has 0 N–H and O–H groups in total. The predicted octanol–water partition coefficient (Wildman–Crippen LogP) is 3.07. The van der Waals surface area contributed by atoms with Gasteiger partial charge in [0, 0.05) is 36.8 Å². The second-order valence-electron chi connectivity index (χ2n) is 7.30. The SMILES string of the molecule is Cc1cc(CC2CN(C(=O)OC(C)(C)C)CCC2=O)cc(C)n1. The van der Waals surface area contributed by atoms with Crippen molar-refractivity contribution in [2.45, 2.75) is 53.1 Å². The highest BCUT2D eigenvalue weighted by Gasteiger charge is 2.32. The molecule has 0 aliphatic carbocycles. The number of amides is 1. The predicted molar refractivity (Wildman–Crippen MR) is 88.3 cm³/mol. The molecule has 0 saturated carbocycles. The first-order valence-corrected chi connectivity index (χ1v) is 8.09. The lowest BCUT2D eigenvalue weighted by Crippen LogP contribution is -2.46. The molecule has 1 unspecified atom stereocenters. The smallest absolute Gasteiger partial charge is 0.410 e. The Labute approximate surface area is 138 Å². The van der Waals surface area contributed by atoms with Crippen LogP contribution in [0.15, 0.2) is 12.1 Å². The van der Waals surface area contributed by atoms with Crippen molar-refractivity contribution in [1.29, 1.82) is 0 Å². The highest BCUT2D eigenvalue weighted by atomic mass is 16.6. The number of carbonyl (C=O) groups is 2. The molecular formula is C18H26N2O3. The number of hydrogen-bond donors (Lipinski definition) is 0. The number of Topliss-reactive ketones (excluding diaryl/α,β-unsaturated/α-hetero) is 1. The van der Waals surface area contributed by atoms with Gasteiger partial charge in [0.05, 0.1) is 0 Å². The quantitative estimate of drug-likeness (QED) is 0.841. The molecule has 1 aromatic heterocycles. The van der Waals surface area contributed by atoms with Crippen molar-refractivity contribution in [2.24, 2.45) is 5.92 Å². The van der Waals surface area contributed by atoms with Crippen molar-refractivity contribution in [1.82, 2.24) is 9.88 Å². The molecule has 0 aromatic carbocycles. The highest BCUT2D eigenvalue weighted by molar-refractivity contribution is 5.84. The summed E-state index contributed by atoms with van der Waals surface area (Å²) in [5.74, 6) is 0.0504. The Kier molecular flexibility index (Phi) is 5.07. The standard InChI is InChI=1S/C18H26N2O3/c1-12-8-14(9-13(2)19-12)10-15-11-20(7-6-16(15)21)17(22)23-18(3,4)5/h8-9,15H,6-7,10-11H2,1-5H3. The number of aromatic nitrogens is 1. The number of ether oxygens (including phenoxy) is 1. The van der Waals surface area contributed by atoms with E-state index in [9.17, 15) is 9.59 Å². The summed E-state index contributed by atoms with van der Waals surface area (Å²) < 4.78 is 5.41. The monoisotopic (exact) mass is 318 g/mol. The van der Waals surface area contributed by atoms with Gasteiger partial charge in [-0.05, 0) is 58.7 Å². The van der Waals surface area contributed by atoms with E-state index in [1.807, 2.05) is 46.8 Å². The maximum absolute atomic E-state index is 12.2. The molecule has 0 radical (unpaired) electrons. The lowest BCUT2D eigenvalue weighted by atomic mass is 9.90. The van der Waals surface area contributed by atoms with Gasteiger partial charge in [0.25, 0.3) is 0 Å². The fourth-order valence-electron chi connectivity index (χ4n) is 2.90. The van der Waals surface area contributed by atoms with Crippen LogP contribution in [-0.2, 0) is 16.0 Å². The zero-order valence-electron chi connectivity index (χ0n) is 14.7. The number of carbonyl (C=O) groups excluding carboxylic acids is 2. The summed E-state index contributed by atoms with van der Waals surface area (Å²) in [7, 11) is 0. The second kappa shape index (κ2) is 6.69. The van der Waals surface area contributed by atoms with Crippen molar-refractivity contribution >= 4 is 11.9 Å². The van der Waals surface area contributed by atoms with E-state index in [2.05, 4.69) is 4.98 Å². The molecule has 126 valence electrons. The second-order valence-corrected chi connectivity index (χ2v) is 7.30. The van der Waals surface area contributed by atoms with Crippen LogP contribution >= 0.6 is 0 Å². The fourth-order valence-corrected chi connectivity index (χ4v) is 2.90.